The molecule has 0 aliphatic rings. The molecule has 0 spiro atoms. The Bertz CT molecular complexity index is 312. The van der Waals surface area contributed by atoms with E-state index in [2.05, 4.69) is 0 Å². The number of thioether (sulfide) groups is 1. The van der Waals surface area contributed by atoms with Crippen LogP contribution in [0.25, 0.3) is 0 Å². The number of hydrogen-bond donors (Lipinski definition) is 1. The minimum absolute atomic E-state index is 0.123. The first kappa shape index (κ1) is 10.9. The van der Waals surface area contributed by atoms with Crippen molar-refractivity contribution in [3.05, 3.63) is 29.8 Å². The predicted octanol–water partition coefficient (Wildman–Crippen LogP) is 2.01. The zero-order chi connectivity index (χ0) is 10.4. The van der Waals surface area contributed by atoms with Crippen LogP contribution < -0.4 is 4.74 Å². The first-order chi connectivity index (χ1) is 6.74. The van der Waals surface area contributed by atoms with E-state index in [0.29, 0.717) is 5.75 Å². The standard InChI is InChI=1S/C10H12O3S/c1-13-9-5-3-2-4-8(9)6-14-7-10(11)12/h2-5H,6-7H2,1H3,(H,11,12). The van der Waals surface area contributed by atoms with Gasteiger partial charge in [-0.05, 0) is 6.07 Å². The van der Waals surface area contributed by atoms with Crippen molar-refractivity contribution in [2.24, 2.45) is 0 Å². The summed E-state index contributed by atoms with van der Waals surface area (Å²) in [5.41, 5.74) is 1.03. The summed E-state index contributed by atoms with van der Waals surface area (Å²) in [6.45, 7) is 0. The number of aliphatic carboxylic acids is 1. The van der Waals surface area contributed by atoms with E-state index < -0.39 is 5.97 Å². The lowest BCUT2D eigenvalue weighted by Crippen LogP contribution is -1.98. The lowest BCUT2D eigenvalue weighted by atomic mass is 10.2. The van der Waals surface area contributed by atoms with Crippen LogP contribution in [-0.2, 0) is 10.5 Å². The second-order valence-electron chi connectivity index (χ2n) is 2.70. The molecular formula is C10H12O3S. The number of carboxylic acids is 1. The highest BCUT2D eigenvalue weighted by atomic mass is 32.2. The van der Waals surface area contributed by atoms with E-state index in [-0.39, 0.29) is 5.75 Å². The monoisotopic (exact) mass is 212 g/mol. The van der Waals surface area contributed by atoms with Gasteiger partial charge in [0, 0.05) is 11.3 Å². The maximum atomic E-state index is 10.3. The summed E-state index contributed by atoms with van der Waals surface area (Å²) in [4.78, 5) is 10.3. The Kier molecular flexibility index (Phi) is 4.32. The second kappa shape index (κ2) is 5.54. The molecule has 14 heavy (non-hydrogen) atoms. The largest absolute Gasteiger partial charge is 0.496 e. The average molecular weight is 212 g/mol. The molecule has 0 saturated heterocycles. The van der Waals surface area contributed by atoms with E-state index in [1.165, 1.54) is 11.8 Å². The molecule has 1 aromatic rings. The van der Waals surface area contributed by atoms with Crippen molar-refractivity contribution in [1.29, 1.82) is 0 Å². The topological polar surface area (TPSA) is 46.5 Å². The summed E-state index contributed by atoms with van der Waals surface area (Å²) < 4.78 is 5.14. The molecule has 4 heteroatoms. The molecule has 0 bridgehead atoms. The van der Waals surface area contributed by atoms with Crippen LogP contribution in [0.5, 0.6) is 5.75 Å². The quantitative estimate of drug-likeness (QED) is 0.811. The molecule has 0 fully saturated rings. The van der Waals surface area contributed by atoms with Crippen LogP contribution in [0, 0.1) is 0 Å². The summed E-state index contributed by atoms with van der Waals surface area (Å²) in [5, 5.41) is 8.47. The Balaban J connectivity index is 2.53. The lowest BCUT2D eigenvalue weighted by Gasteiger charge is -2.06. The highest BCUT2D eigenvalue weighted by Gasteiger charge is 2.03. The van der Waals surface area contributed by atoms with Gasteiger partial charge in [0.05, 0.1) is 12.9 Å². The number of carboxylic acid groups (broad SMARTS) is 1. The maximum Gasteiger partial charge on any atom is 0.313 e. The van der Waals surface area contributed by atoms with Crippen molar-refractivity contribution in [3.8, 4) is 5.75 Å². The normalized spacial score (nSPS) is 9.79. The fourth-order valence-electron chi connectivity index (χ4n) is 1.07. The van der Waals surface area contributed by atoms with E-state index in [9.17, 15) is 4.79 Å². The molecule has 0 amide bonds. The third kappa shape index (κ3) is 3.30. The zero-order valence-corrected chi connectivity index (χ0v) is 8.71. The van der Waals surface area contributed by atoms with E-state index in [4.69, 9.17) is 9.84 Å². The first-order valence-electron chi connectivity index (χ1n) is 4.15. The van der Waals surface area contributed by atoms with Crippen LogP contribution in [-0.4, -0.2) is 23.9 Å². The molecule has 0 aromatic heterocycles. The number of carbonyl (C=O) groups is 1. The number of rotatable bonds is 5. The van der Waals surface area contributed by atoms with Crippen molar-refractivity contribution in [1.82, 2.24) is 0 Å². The van der Waals surface area contributed by atoms with Crippen molar-refractivity contribution in [2.75, 3.05) is 12.9 Å². The van der Waals surface area contributed by atoms with Crippen molar-refractivity contribution < 1.29 is 14.6 Å². The van der Waals surface area contributed by atoms with Crippen LogP contribution in [0.15, 0.2) is 24.3 Å². The molecular weight excluding hydrogens is 200 g/mol. The third-order valence-electron chi connectivity index (χ3n) is 1.68. The molecule has 1 rings (SSSR count). The number of benzene rings is 1. The van der Waals surface area contributed by atoms with Crippen molar-refractivity contribution in [3.63, 3.8) is 0 Å². The van der Waals surface area contributed by atoms with Gasteiger partial charge in [0.25, 0.3) is 0 Å². The Morgan fingerprint density at radius 2 is 2.21 bits per heavy atom. The summed E-state index contributed by atoms with van der Waals surface area (Å²) in [6, 6.07) is 7.62. The second-order valence-corrected chi connectivity index (χ2v) is 3.68. The maximum absolute atomic E-state index is 10.3. The average Bonchev–Trinajstić information content (AvgIpc) is 2.18. The molecule has 76 valence electrons. The fraction of sp³-hybridized carbons (Fsp3) is 0.300. The van der Waals surface area contributed by atoms with Crippen LogP contribution in [0.2, 0.25) is 0 Å². The van der Waals surface area contributed by atoms with Gasteiger partial charge in [-0.15, -0.1) is 11.8 Å². The molecule has 1 N–H and O–H groups in total. The summed E-state index contributed by atoms with van der Waals surface area (Å²) in [6.07, 6.45) is 0. The fourth-order valence-corrected chi connectivity index (χ4v) is 1.81. The van der Waals surface area contributed by atoms with Gasteiger partial charge >= 0.3 is 5.97 Å². The van der Waals surface area contributed by atoms with Crippen LogP contribution in [0.4, 0.5) is 0 Å². The summed E-state index contributed by atoms with van der Waals surface area (Å²) >= 11 is 1.36. The van der Waals surface area contributed by atoms with Crippen LogP contribution in [0.3, 0.4) is 0 Å². The number of para-hydroxylation sites is 1. The van der Waals surface area contributed by atoms with Gasteiger partial charge in [-0.1, -0.05) is 18.2 Å². The van der Waals surface area contributed by atoms with E-state index in [0.717, 1.165) is 11.3 Å². The molecule has 0 unspecified atom stereocenters. The number of methoxy groups -OCH3 is 1. The highest BCUT2D eigenvalue weighted by Crippen LogP contribution is 2.22. The van der Waals surface area contributed by atoms with Gasteiger partial charge in [-0.2, -0.15) is 0 Å². The van der Waals surface area contributed by atoms with Gasteiger partial charge in [0.1, 0.15) is 5.75 Å². The Morgan fingerprint density at radius 3 is 2.86 bits per heavy atom. The van der Waals surface area contributed by atoms with E-state index in [1.807, 2.05) is 24.3 Å². The summed E-state index contributed by atoms with van der Waals surface area (Å²) in [7, 11) is 1.61. The van der Waals surface area contributed by atoms with Crippen LogP contribution >= 0.6 is 11.8 Å². The Labute approximate surface area is 87.1 Å². The smallest absolute Gasteiger partial charge is 0.313 e. The van der Waals surface area contributed by atoms with E-state index >= 15 is 0 Å². The van der Waals surface area contributed by atoms with Crippen LogP contribution in [0.1, 0.15) is 5.56 Å². The molecule has 0 aliphatic heterocycles. The van der Waals surface area contributed by atoms with Crippen molar-refractivity contribution >= 4 is 17.7 Å². The van der Waals surface area contributed by atoms with E-state index in [1.54, 1.807) is 7.11 Å². The molecule has 0 radical (unpaired) electrons. The molecule has 0 heterocycles. The molecule has 1 aromatic carbocycles. The minimum Gasteiger partial charge on any atom is -0.496 e. The number of ether oxygens (including phenoxy) is 1. The summed E-state index contributed by atoms with van der Waals surface area (Å²) in [5.74, 6) is 0.809. The Morgan fingerprint density at radius 1 is 1.50 bits per heavy atom. The van der Waals surface area contributed by atoms with Gasteiger partial charge in [-0.3, -0.25) is 4.79 Å². The SMILES string of the molecule is COc1ccccc1CSCC(=O)O. The van der Waals surface area contributed by atoms with Gasteiger partial charge in [-0.25, -0.2) is 0 Å². The predicted molar refractivity (Wildman–Crippen MR) is 56.8 cm³/mol. The Hall–Kier alpha value is -1.16. The molecule has 3 nitrogen and oxygen atoms in total. The lowest BCUT2D eigenvalue weighted by molar-refractivity contribution is -0.133. The van der Waals surface area contributed by atoms with Gasteiger partial charge in [0.2, 0.25) is 0 Å². The molecule has 0 aliphatic carbocycles. The minimum atomic E-state index is -0.787. The first-order valence-corrected chi connectivity index (χ1v) is 5.31. The molecule has 0 atom stereocenters. The highest BCUT2D eigenvalue weighted by molar-refractivity contribution is 7.99. The van der Waals surface area contributed by atoms with Gasteiger partial charge < -0.3 is 9.84 Å². The van der Waals surface area contributed by atoms with Gasteiger partial charge in [0.15, 0.2) is 0 Å². The number of hydrogen-bond acceptors (Lipinski definition) is 3. The third-order valence-corrected chi connectivity index (χ3v) is 2.64. The van der Waals surface area contributed by atoms with Crippen molar-refractivity contribution in [2.45, 2.75) is 5.75 Å². The molecule has 0 saturated carbocycles. The zero-order valence-electron chi connectivity index (χ0n) is 7.90.